The molecular formula is C11H18ErNO7. The van der Waals surface area contributed by atoms with Crippen LogP contribution in [0.3, 0.4) is 0 Å². The first kappa shape index (κ1) is 27.5. The van der Waals surface area contributed by atoms with Gasteiger partial charge >= 0.3 is 37.3 Å². The maximum Gasteiger partial charge on any atom is 3.00 e. The van der Waals surface area contributed by atoms with E-state index in [4.69, 9.17) is 29.7 Å². The molecule has 1 aliphatic rings. The van der Waals surface area contributed by atoms with Crippen molar-refractivity contribution in [3.63, 3.8) is 0 Å². The summed E-state index contributed by atoms with van der Waals surface area (Å²) in [4.78, 5) is 38.9. The van der Waals surface area contributed by atoms with Crippen molar-refractivity contribution in [2.24, 2.45) is 0 Å². The van der Waals surface area contributed by atoms with E-state index in [1.54, 1.807) is 4.90 Å². The van der Waals surface area contributed by atoms with Gasteiger partial charge in [0.05, 0.1) is 0 Å². The monoisotopic (exact) mass is 442 g/mol. The third-order valence-electron chi connectivity index (χ3n) is 1.31. The van der Waals surface area contributed by atoms with Crippen molar-refractivity contribution in [3.8, 4) is 0 Å². The summed E-state index contributed by atoms with van der Waals surface area (Å²) < 4.78 is 0. The van der Waals surface area contributed by atoms with E-state index >= 15 is 0 Å². The van der Waals surface area contributed by atoms with Gasteiger partial charge in [-0.15, -0.1) is 0 Å². The first-order valence-corrected chi connectivity index (χ1v) is 5.27. The van der Waals surface area contributed by atoms with E-state index in [9.17, 15) is 4.79 Å². The fraction of sp³-hybridized carbons (Fsp3) is 0.636. The van der Waals surface area contributed by atoms with Crippen LogP contribution in [-0.4, -0.2) is 42.3 Å². The Balaban J connectivity index is -0.0000000881. The van der Waals surface area contributed by atoms with E-state index in [0.29, 0.717) is 5.91 Å². The molecule has 0 N–H and O–H groups in total. The molecule has 1 radical (unpaired) electrons. The SMILES string of the molecule is CC(=O)[O-].CC(=O)[O-].CC(=O)[O-].CN1CCCC1=O.[Er+3]. The molecule has 0 aromatic carbocycles. The maximum atomic E-state index is 10.5. The minimum atomic E-state index is -1.08. The van der Waals surface area contributed by atoms with Gasteiger partial charge in [0.1, 0.15) is 0 Å². The quantitative estimate of drug-likeness (QED) is 0.378. The van der Waals surface area contributed by atoms with E-state index in [2.05, 4.69) is 0 Å². The summed E-state index contributed by atoms with van der Waals surface area (Å²) in [5.74, 6) is -2.96. The molecular weight excluding hydrogens is 425 g/mol. The number of likely N-dealkylation sites (tertiary alicyclic amines) is 1. The smallest absolute Gasteiger partial charge is 0.550 e. The fourth-order valence-corrected chi connectivity index (χ4v) is 0.783. The number of rotatable bonds is 0. The summed E-state index contributed by atoms with van der Waals surface area (Å²) in [6.07, 6.45) is 1.81. The number of aliphatic carboxylic acids is 3. The molecule has 0 unspecified atom stereocenters. The number of hydrogen-bond acceptors (Lipinski definition) is 7. The Morgan fingerprint density at radius 3 is 1.25 bits per heavy atom. The number of carboxylic acid groups (broad SMARTS) is 3. The van der Waals surface area contributed by atoms with Crippen LogP contribution in [-0.2, 0) is 19.2 Å². The van der Waals surface area contributed by atoms with Crippen LogP contribution in [0.25, 0.3) is 0 Å². The summed E-state index contributed by atoms with van der Waals surface area (Å²) in [6, 6.07) is 0. The molecule has 0 atom stereocenters. The van der Waals surface area contributed by atoms with Crippen LogP contribution in [0.1, 0.15) is 33.6 Å². The van der Waals surface area contributed by atoms with Crippen molar-refractivity contribution in [3.05, 3.63) is 0 Å². The number of carboxylic acids is 3. The summed E-state index contributed by atoms with van der Waals surface area (Å²) in [5, 5.41) is 26.7. The molecule has 1 fully saturated rings. The van der Waals surface area contributed by atoms with Crippen LogP contribution in [0.2, 0.25) is 0 Å². The Labute approximate surface area is 147 Å². The molecule has 0 saturated carbocycles. The molecule has 1 amide bonds. The van der Waals surface area contributed by atoms with E-state index in [0.717, 1.165) is 40.2 Å². The van der Waals surface area contributed by atoms with Crippen molar-refractivity contribution in [1.29, 1.82) is 0 Å². The Hall–Kier alpha value is -0.873. The third kappa shape index (κ3) is 53.5. The molecule has 1 heterocycles. The van der Waals surface area contributed by atoms with Gasteiger partial charge in [0.15, 0.2) is 0 Å². The van der Waals surface area contributed by atoms with E-state index in [1.165, 1.54) is 0 Å². The minimum Gasteiger partial charge on any atom is -0.550 e. The van der Waals surface area contributed by atoms with Crippen molar-refractivity contribution in [2.75, 3.05) is 13.6 Å². The average molecular weight is 444 g/mol. The predicted molar refractivity (Wildman–Crippen MR) is 58.9 cm³/mol. The molecule has 8 nitrogen and oxygen atoms in total. The van der Waals surface area contributed by atoms with Gasteiger partial charge in [-0.25, -0.2) is 0 Å². The first-order valence-electron chi connectivity index (χ1n) is 5.27. The molecule has 0 aliphatic carbocycles. The van der Waals surface area contributed by atoms with Crippen LogP contribution in [0.4, 0.5) is 0 Å². The van der Waals surface area contributed by atoms with E-state index in [-0.39, 0.29) is 37.3 Å². The third-order valence-corrected chi connectivity index (χ3v) is 1.31. The second kappa shape index (κ2) is 18.1. The number of carbonyl (C=O) groups is 4. The fourth-order valence-electron chi connectivity index (χ4n) is 0.783. The summed E-state index contributed by atoms with van der Waals surface area (Å²) >= 11 is 0. The second-order valence-electron chi connectivity index (χ2n) is 3.39. The van der Waals surface area contributed by atoms with Crippen molar-refractivity contribution < 1.29 is 71.8 Å². The Morgan fingerprint density at radius 2 is 1.20 bits per heavy atom. The topological polar surface area (TPSA) is 141 Å². The zero-order valence-corrected chi connectivity index (χ0v) is 13.6. The number of amides is 1. The van der Waals surface area contributed by atoms with Gasteiger partial charge in [0.25, 0.3) is 0 Å². The predicted octanol–water partition coefficient (Wildman–Crippen LogP) is -3.49. The maximum absolute atomic E-state index is 10.5. The molecule has 0 aromatic rings. The number of hydrogen-bond donors (Lipinski definition) is 0. The van der Waals surface area contributed by atoms with Crippen LogP contribution in [0.15, 0.2) is 0 Å². The Bertz CT molecular complexity index is 267. The largest absolute Gasteiger partial charge is 3.00 e. The molecule has 20 heavy (non-hydrogen) atoms. The van der Waals surface area contributed by atoms with Crippen molar-refractivity contribution in [1.82, 2.24) is 4.90 Å². The van der Waals surface area contributed by atoms with Crippen LogP contribution < -0.4 is 15.3 Å². The molecule has 1 rings (SSSR count). The van der Waals surface area contributed by atoms with Gasteiger partial charge in [-0.05, 0) is 27.2 Å². The van der Waals surface area contributed by atoms with Gasteiger partial charge in [-0.1, -0.05) is 0 Å². The zero-order chi connectivity index (χ0) is 16.0. The van der Waals surface area contributed by atoms with Crippen molar-refractivity contribution in [2.45, 2.75) is 33.6 Å². The number of carbonyl (C=O) groups excluding carboxylic acids is 4. The molecule has 0 aromatic heterocycles. The Morgan fingerprint density at radius 1 is 0.950 bits per heavy atom. The van der Waals surface area contributed by atoms with E-state index in [1.807, 2.05) is 7.05 Å². The Kier molecular flexibility index (Phi) is 24.9. The summed E-state index contributed by atoms with van der Waals surface area (Å²) in [5.41, 5.74) is 0. The molecule has 1 saturated heterocycles. The summed E-state index contributed by atoms with van der Waals surface area (Å²) in [7, 11) is 1.84. The van der Waals surface area contributed by atoms with Crippen molar-refractivity contribution >= 4 is 23.8 Å². The molecule has 0 bridgehead atoms. The summed E-state index contributed by atoms with van der Waals surface area (Å²) in [6.45, 7) is 3.87. The standard InChI is InChI=1S/C5H9NO.3C2H4O2.Er/c1-6-4-2-3-5(6)7;3*1-2(3)4;/h2-4H2,1H3;3*1H3,(H,3,4);/q;;;;+3/p-3. The molecule has 9 heteroatoms. The minimum absolute atomic E-state index is 0. The molecule has 121 valence electrons. The van der Waals surface area contributed by atoms with Crippen LogP contribution in [0, 0.1) is 37.3 Å². The van der Waals surface area contributed by atoms with Gasteiger partial charge in [-0.3, -0.25) is 4.79 Å². The molecule has 0 spiro atoms. The van der Waals surface area contributed by atoms with Gasteiger partial charge in [0.2, 0.25) is 5.91 Å². The zero-order valence-electron chi connectivity index (χ0n) is 11.7. The van der Waals surface area contributed by atoms with Gasteiger partial charge < -0.3 is 34.6 Å². The number of nitrogens with zero attached hydrogens (tertiary/aromatic N) is 1. The first-order chi connectivity index (χ1) is 8.50. The normalized spacial score (nSPS) is 11.2. The van der Waals surface area contributed by atoms with Crippen LogP contribution in [0.5, 0.6) is 0 Å². The van der Waals surface area contributed by atoms with Crippen LogP contribution >= 0.6 is 0 Å². The second-order valence-corrected chi connectivity index (χ2v) is 3.39. The van der Waals surface area contributed by atoms with Gasteiger partial charge in [-0.2, -0.15) is 0 Å². The molecule has 1 aliphatic heterocycles. The van der Waals surface area contributed by atoms with Gasteiger partial charge in [0, 0.05) is 37.9 Å². The average Bonchev–Trinajstić information content (AvgIpc) is 2.47. The van der Waals surface area contributed by atoms with E-state index < -0.39 is 17.9 Å².